The lowest BCUT2D eigenvalue weighted by Gasteiger charge is -2.19. The zero-order valence-electron chi connectivity index (χ0n) is 16.2. The van der Waals surface area contributed by atoms with Crippen molar-refractivity contribution in [3.05, 3.63) is 54.0 Å². The van der Waals surface area contributed by atoms with Gasteiger partial charge in [-0.05, 0) is 44.2 Å². The number of anilines is 1. The fraction of sp³-hybridized carbons (Fsp3) is 0.381. The Morgan fingerprint density at radius 1 is 1.21 bits per heavy atom. The van der Waals surface area contributed by atoms with Crippen LogP contribution in [0, 0.1) is 5.92 Å². The largest absolute Gasteiger partial charge is 0.467 e. The van der Waals surface area contributed by atoms with Gasteiger partial charge in [0.05, 0.1) is 18.7 Å². The summed E-state index contributed by atoms with van der Waals surface area (Å²) in [6, 6.07) is 10.5. The van der Waals surface area contributed by atoms with E-state index in [1.165, 1.54) is 0 Å². The first-order chi connectivity index (χ1) is 13.5. The minimum absolute atomic E-state index is 0.0676. The highest BCUT2D eigenvalue weighted by atomic mass is 16.3. The summed E-state index contributed by atoms with van der Waals surface area (Å²) in [6.07, 6.45) is 1.73. The predicted molar refractivity (Wildman–Crippen MR) is 105 cm³/mol. The maximum absolute atomic E-state index is 12.6. The van der Waals surface area contributed by atoms with E-state index in [1.807, 2.05) is 13.8 Å². The van der Waals surface area contributed by atoms with Crippen molar-refractivity contribution < 1.29 is 18.8 Å². The molecule has 3 rings (SSSR count). The number of furan rings is 1. The summed E-state index contributed by atoms with van der Waals surface area (Å²) in [6.45, 7) is 5.83. The van der Waals surface area contributed by atoms with Gasteiger partial charge < -0.3 is 19.5 Å². The summed E-state index contributed by atoms with van der Waals surface area (Å²) in [4.78, 5) is 40.7. The maximum Gasteiger partial charge on any atom is 0.253 e. The normalized spacial score (nSPS) is 16.3. The van der Waals surface area contributed by atoms with E-state index in [-0.39, 0.29) is 24.1 Å². The lowest BCUT2D eigenvalue weighted by molar-refractivity contribution is -0.128. The smallest absolute Gasteiger partial charge is 0.253 e. The van der Waals surface area contributed by atoms with E-state index in [9.17, 15) is 14.4 Å². The SMILES string of the molecule is CCN(CC)C(=O)c1cccc(NC(=O)[C@H]2CC(=O)N(Cc3ccco3)C2)c1. The van der Waals surface area contributed by atoms with Crippen LogP contribution >= 0.6 is 0 Å². The number of amides is 3. The molecule has 148 valence electrons. The Hall–Kier alpha value is -3.09. The molecule has 7 heteroatoms. The first-order valence-corrected chi connectivity index (χ1v) is 9.52. The summed E-state index contributed by atoms with van der Waals surface area (Å²) in [5, 5.41) is 2.84. The van der Waals surface area contributed by atoms with E-state index in [0.717, 1.165) is 0 Å². The Kier molecular flexibility index (Phi) is 6.13. The van der Waals surface area contributed by atoms with Crippen molar-refractivity contribution in [2.45, 2.75) is 26.8 Å². The van der Waals surface area contributed by atoms with Crippen LogP contribution in [0.2, 0.25) is 0 Å². The van der Waals surface area contributed by atoms with Crippen LogP contribution in [0.15, 0.2) is 47.1 Å². The van der Waals surface area contributed by atoms with Gasteiger partial charge in [0.25, 0.3) is 5.91 Å². The molecule has 1 saturated heterocycles. The average Bonchev–Trinajstić information content (AvgIpc) is 3.33. The summed E-state index contributed by atoms with van der Waals surface area (Å²) >= 11 is 0. The van der Waals surface area contributed by atoms with E-state index in [2.05, 4.69) is 5.32 Å². The second kappa shape index (κ2) is 8.73. The van der Waals surface area contributed by atoms with Crippen LogP contribution in [-0.4, -0.2) is 47.2 Å². The summed E-state index contributed by atoms with van der Waals surface area (Å²) in [5.74, 6) is -0.0897. The minimum atomic E-state index is -0.426. The molecule has 2 heterocycles. The molecular weight excluding hydrogens is 358 g/mol. The molecule has 3 amide bonds. The number of nitrogens with zero attached hydrogens (tertiary/aromatic N) is 2. The van der Waals surface area contributed by atoms with E-state index >= 15 is 0 Å². The van der Waals surface area contributed by atoms with Gasteiger partial charge >= 0.3 is 0 Å². The number of hydrogen-bond acceptors (Lipinski definition) is 4. The number of rotatable bonds is 7. The number of benzene rings is 1. The summed E-state index contributed by atoms with van der Waals surface area (Å²) in [5.41, 5.74) is 1.09. The summed E-state index contributed by atoms with van der Waals surface area (Å²) < 4.78 is 5.28. The molecule has 0 saturated carbocycles. The van der Waals surface area contributed by atoms with Crippen molar-refractivity contribution in [2.24, 2.45) is 5.92 Å². The Bertz CT molecular complexity index is 843. The van der Waals surface area contributed by atoms with Crippen molar-refractivity contribution in [1.82, 2.24) is 9.80 Å². The molecule has 0 bridgehead atoms. The molecule has 28 heavy (non-hydrogen) atoms. The highest BCUT2D eigenvalue weighted by Gasteiger charge is 2.34. The van der Waals surface area contributed by atoms with Crippen LogP contribution in [0.5, 0.6) is 0 Å². The molecule has 1 aliphatic rings. The van der Waals surface area contributed by atoms with E-state index in [0.29, 0.717) is 43.2 Å². The van der Waals surface area contributed by atoms with Crippen LogP contribution < -0.4 is 5.32 Å². The van der Waals surface area contributed by atoms with Gasteiger partial charge in [-0.3, -0.25) is 14.4 Å². The molecule has 7 nitrogen and oxygen atoms in total. The fourth-order valence-electron chi connectivity index (χ4n) is 3.36. The molecule has 1 N–H and O–H groups in total. The zero-order chi connectivity index (χ0) is 20.1. The first kappa shape index (κ1) is 19.7. The van der Waals surface area contributed by atoms with Gasteiger partial charge in [-0.1, -0.05) is 6.07 Å². The fourth-order valence-corrected chi connectivity index (χ4v) is 3.36. The summed E-state index contributed by atoms with van der Waals surface area (Å²) in [7, 11) is 0. The van der Waals surface area contributed by atoms with Gasteiger partial charge in [-0.15, -0.1) is 0 Å². The average molecular weight is 383 g/mol. The van der Waals surface area contributed by atoms with Crippen LogP contribution in [0.1, 0.15) is 36.4 Å². The molecule has 1 aliphatic heterocycles. The third-order valence-corrected chi connectivity index (χ3v) is 4.94. The van der Waals surface area contributed by atoms with Crippen LogP contribution in [0.25, 0.3) is 0 Å². The van der Waals surface area contributed by atoms with Crippen molar-refractivity contribution in [1.29, 1.82) is 0 Å². The quantitative estimate of drug-likeness (QED) is 0.797. The van der Waals surface area contributed by atoms with E-state index in [1.54, 1.807) is 52.5 Å². The lowest BCUT2D eigenvalue weighted by atomic mass is 10.1. The molecule has 2 aromatic rings. The molecule has 1 aromatic heterocycles. The van der Waals surface area contributed by atoms with Crippen molar-refractivity contribution >= 4 is 23.4 Å². The minimum Gasteiger partial charge on any atom is -0.467 e. The van der Waals surface area contributed by atoms with Gasteiger partial charge in [-0.25, -0.2) is 0 Å². The third-order valence-electron chi connectivity index (χ3n) is 4.94. The van der Waals surface area contributed by atoms with Crippen LogP contribution in [0.4, 0.5) is 5.69 Å². The lowest BCUT2D eigenvalue weighted by Crippen LogP contribution is -2.30. The van der Waals surface area contributed by atoms with Crippen molar-refractivity contribution in [2.75, 3.05) is 25.0 Å². The van der Waals surface area contributed by atoms with Gasteiger partial charge in [0.2, 0.25) is 11.8 Å². The number of carbonyl (C=O) groups is 3. The van der Waals surface area contributed by atoms with E-state index in [4.69, 9.17) is 4.42 Å². The molecule has 1 atom stereocenters. The Morgan fingerprint density at radius 3 is 2.68 bits per heavy atom. The highest BCUT2D eigenvalue weighted by Crippen LogP contribution is 2.22. The topological polar surface area (TPSA) is 82.9 Å². The molecule has 0 spiro atoms. The van der Waals surface area contributed by atoms with Gasteiger partial charge in [-0.2, -0.15) is 0 Å². The van der Waals surface area contributed by atoms with E-state index < -0.39 is 5.92 Å². The second-order valence-electron chi connectivity index (χ2n) is 6.80. The number of likely N-dealkylation sites (tertiary alicyclic amines) is 1. The molecule has 1 fully saturated rings. The predicted octanol–water partition coefficient (Wildman–Crippen LogP) is 2.75. The van der Waals surface area contributed by atoms with Gasteiger partial charge in [0.15, 0.2) is 0 Å². The third kappa shape index (κ3) is 4.42. The standard InChI is InChI=1S/C21H25N3O4/c1-3-23(4-2)21(27)15-7-5-8-17(11-15)22-20(26)16-12-19(25)24(13-16)14-18-9-6-10-28-18/h5-11,16H,3-4,12-14H2,1-2H3,(H,22,26)/t16-/m0/s1. The first-order valence-electron chi connectivity index (χ1n) is 9.52. The molecule has 0 aliphatic carbocycles. The Labute approximate surface area is 164 Å². The number of carbonyl (C=O) groups excluding carboxylic acids is 3. The maximum atomic E-state index is 12.6. The Morgan fingerprint density at radius 2 is 2.00 bits per heavy atom. The number of hydrogen-bond donors (Lipinski definition) is 1. The van der Waals surface area contributed by atoms with Crippen molar-refractivity contribution in [3.63, 3.8) is 0 Å². The highest BCUT2D eigenvalue weighted by molar-refractivity contribution is 5.99. The zero-order valence-corrected chi connectivity index (χ0v) is 16.2. The van der Waals surface area contributed by atoms with Gasteiger partial charge in [0.1, 0.15) is 5.76 Å². The Balaban J connectivity index is 1.62. The molecule has 0 radical (unpaired) electrons. The van der Waals surface area contributed by atoms with Crippen molar-refractivity contribution in [3.8, 4) is 0 Å². The molecule has 1 aromatic carbocycles. The molecule has 0 unspecified atom stereocenters. The molecular formula is C21H25N3O4. The van der Waals surface area contributed by atoms with Gasteiger partial charge in [0, 0.05) is 37.3 Å². The van der Waals surface area contributed by atoms with Crippen LogP contribution in [0.3, 0.4) is 0 Å². The number of nitrogens with one attached hydrogen (secondary N) is 1. The monoisotopic (exact) mass is 383 g/mol. The second-order valence-corrected chi connectivity index (χ2v) is 6.80. The van der Waals surface area contributed by atoms with Crippen LogP contribution in [-0.2, 0) is 16.1 Å².